The van der Waals surface area contributed by atoms with Gasteiger partial charge in [-0.05, 0) is 43.3 Å². The number of benzene rings is 3. The van der Waals surface area contributed by atoms with Crippen molar-refractivity contribution >= 4 is 34.8 Å². The highest BCUT2D eigenvalue weighted by Gasteiger charge is 2.25. The van der Waals surface area contributed by atoms with E-state index in [4.69, 9.17) is 9.47 Å². The van der Waals surface area contributed by atoms with Crippen molar-refractivity contribution in [3.63, 3.8) is 0 Å². The first kappa shape index (κ1) is 27.1. The predicted molar refractivity (Wildman–Crippen MR) is 144 cm³/mol. The van der Waals surface area contributed by atoms with Crippen LogP contribution in [0.5, 0.6) is 5.75 Å². The number of carbonyl (C=O) groups is 3. The molecule has 1 N–H and O–H groups in total. The summed E-state index contributed by atoms with van der Waals surface area (Å²) in [5, 5.41) is 14.0. The minimum absolute atomic E-state index is 0.0302. The summed E-state index contributed by atoms with van der Waals surface area (Å²) in [4.78, 5) is 52.4. The fourth-order valence-electron chi connectivity index (χ4n) is 4.23. The number of nitro benzene ring substituents is 1. The van der Waals surface area contributed by atoms with Crippen LogP contribution in [0.1, 0.15) is 27.6 Å². The van der Waals surface area contributed by atoms with E-state index in [1.165, 1.54) is 24.3 Å². The highest BCUT2D eigenvalue weighted by atomic mass is 16.6. The van der Waals surface area contributed by atoms with Crippen molar-refractivity contribution < 1.29 is 28.8 Å². The Balaban J connectivity index is 1.48. The average molecular weight is 533 g/mol. The number of ether oxygens (including phenoxy) is 2. The van der Waals surface area contributed by atoms with Crippen molar-refractivity contribution in [2.75, 3.05) is 49.6 Å². The van der Waals surface area contributed by atoms with Crippen molar-refractivity contribution in [2.24, 2.45) is 0 Å². The number of amides is 2. The smallest absolute Gasteiger partial charge is 0.338 e. The zero-order chi connectivity index (χ0) is 27.8. The second kappa shape index (κ2) is 12.5. The molecule has 0 spiro atoms. The van der Waals surface area contributed by atoms with E-state index in [-0.39, 0.29) is 29.5 Å². The van der Waals surface area contributed by atoms with Crippen LogP contribution in [0, 0.1) is 10.1 Å². The number of rotatable bonds is 9. The molecule has 3 aromatic rings. The lowest BCUT2D eigenvalue weighted by atomic mass is 10.1. The standard InChI is InChI=1S/C28H28N4O7/c1-2-38-28(35)21-12-13-23(30-14-16-31(17-15-30)27(34)20-8-4-3-5-9-20)22(18-21)29-26(33)19-39-25-11-7-6-10-24(25)32(36)37/h3-13,18H,2,14-17,19H2,1H3,(H,29,33). The summed E-state index contributed by atoms with van der Waals surface area (Å²) < 4.78 is 10.5. The number of carbonyl (C=O) groups excluding carboxylic acids is 3. The maximum atomic E-state index is 12.8. The fourth-order valence-corrected chi connectivity index (χ4v) is 4.23. The quantitative estimate of drug-likeness (QED) is 0.250. The first-order valence-electron chi connectivity index (χ1n) is 12.4. The normalized spacial score (nSPS) is 12.9. The van der Waals surface area contributed by atoms with E-state index in [2.05, 4.69) is 5.32 Å². The molecule has 3 aromatic carbocycles. The van der Waals surface area contributed by atoms with Gasteiger partial charge in [0.2, 0.25) is 0 Å². The van der Waals surface area contributed by atoms with Crippen LogP contribution in [-0.4, -0.2) is 67.0 Å². The van der Waals surface area contributed by atoms with E-state index in [1.807, 2.05) is 23.1 Å². The van der Waals surface area contributed by atoms with E-state index in [0.29, 0.717) is 43.1 Å². The van der Waals surface area contributed by atoms with E-state index in [1.54, 1.807) is 42.2 Å². The van der Waals surface area contributed by atoms with Gasteiger partial charge in [-0.3, -0.25) is 19.7 Å². The molecule has 0 saturated carbocycles. The van der Waals surface area contributed by atoms with Gasteiger partial charge in [0.05, 0.1) is 28.5 Å². The molecule has 0 unspecified atom stereocenters. The van der Waals surface area contributed by atoms with E-state index in [9.17, 15) is 24.5 Å². The van der Waals surface area contributed by atoms with Crippen LogP contribution in [0.15, 0.2) is 72.8 Å². The zero-order valence-corrected chi connectivity index (χ0v) is 21.4. The molecule has 1 aliphatic rings. The predicted octanol–water partition coefficient (Wildman–Crippen LogP) is 3.75. The van der Waals surface area contributed by atoms with E-state index < -0.39 is 23.4 Å². The van der Waals surface area contributed by atoms with Crippen molar-refractivity contribution in [3.8, 4) is 5.75 Å². The van der Waals surface area contributed by atoms with Gasteiger partial charge in [0.25, 0.3) is 11.8 Å². The van der Waals surface area contributed by atoms with Crippen molar-refractivity contribution in [1.29, 1.82) is 0 Å². The molecule has 202 valence electrons. The number of nitro groups is 1. The number of hydrogen-bond acceptors (Lipinski definition) is 8. The molecule has 1 saturated heterocycles. The summed E-state index contributed by atoms with van der Waals surface area (Å²) in [5.41, 5.74) is 1.65. The van der Waals surface area contributed by atoms with Crippen LogP contribution in [-0.2, 0) is 9.53 Å². The third kappa shape index (κ3) is 6.69. The highest BCUT2D eigenvalue weighted by Crippen LogP contribution is 2.30. The Hall–Kier alpha value is -4.93. The van der Waals surface area contributed by atoms with Crippen LogP contribution in [0.3, 0.4) is 0 Å². The highest BCUT2D eigenvalue weighted by molar-refractivity contribution is 5.99. The Bertz CT molecular complexity index is 1360. The minimum atomic E-state index is -0.587. The number of esters is 1. The molecule has 2 amide bonds. The van der Waals surface area contributed by atoms with Gasteiger partial charge in [0, 0.05) is 37.8 Å². The molecule has 4 rings (SSSR count). The summed E-state index contributed by atoms with van der Waals surface area (Å²) in [6, 6.07) is 19.7. The Kier molecular flexibility index (Phi) is 8.72. The Morgan fingerprint density at radius 1 is 0.923 bits per heavy atom. The van der Waals surface area contributed by atoms with Gasteiger partial charge in [-0.15, -0.1) is 0 Å². The van der Waals surface area contributed by atoms with Crippen LogP contribution in [0.4, 0.5) is 17.1 Å². The fraction of sp³-hybridized carbons (Fsp3) is 0.250. The Morgan fingerprint density at radius 2 is 1.62 bits per heavy atom. The topological polar surface area (TPSA) is 131 Å². The molecule has 0 aliphatic carbocycles. The van der Waals surface area contributed by atoms with E-state index >= 15 is 0 Å². The van der Waals surface area contributed by atoms with Gasteiger partial charge in [0.15, 0.2) is 12.4 Å². The van der Waals surface area contributed by atoms with Crippen molar-refractivity contribution in [3.05, 3.63) is 94.0 Å². The number of piperazine rings is 1. The average Bonchev–Trinajstić information content (AvgIpc) is 2.96. The molecular formula is C28H28N4O7. The Labute approximate surface area is 225 Å². The molecule has 1 aliphatic heterocycles. The van der Waals surface area contributed by atoms with Gasteiger partial charge in [-0.25, -0.2) is 4.79 Å². The van der Waals surface area contributed by atoms with Crippen molar-refractivity contribution in [2.45, 2.75) is 6.92 Å². The monoisotopic (exact) mass is 532 g/mol. The third-order valence-corrected chi connectivity index (χ3v) is 6.13. The SMILES string of the molecule is CCOC(=O)c1ccc(N2CCN(C(=O)c3ccccc3)CC2)c(NC(=O)COc2ccccc2[N+](=O)[O-])c1. The summed E-state index contributed by atoms with van der Waals surface area (Å²) in [6.07, 6.45) is 0. The maximum absolute atomic E-state index is 12.8. The second-order valence-corrected chi connectivity index (χ2v) is 8.66. The zero-order valence-electron chi connectivity index (χ0n) is 21.4. The number of hydrogen-bond donors (Lipinski definition) is 1. The molecule has 0 atom stereocenters. The molecule has 11 heteroatoms. The summed E-state index contributed by atoms with van der Waals surface area (Å²) in [6.45, 7) is 3.38. The van der Waals surface area contributed by atoms with Gasteiger partial charge in [-0.1, -0.05) is 30.3 Å². The number of anilines is 2. The van der Waals surface area contributed by atoms with Crippen LogP contribution in [0.25, 0.3) is 0 Å². The molecular weight excluding hydrogens is 504 g/mol. The third-order valence-electron chi connectivity index (χ3n) is 6.13. The van der Waals surface area contributed by atoms with E-state index in [0.717, 1.165) is 0 Å². The van der Waals surface area contributed by atoms with Crippen LogP contribution < -0.4 is 15.0 Å². The van der Waals surface area contributed by atoms with Crippen molar-refractivity contribution in [1.82, 2.24) is 4.90 Å². The molecule has 0 bridgehead atoms. The largest absolute Gasteiger partial charge is 0.477 e. The maximum Gasteiger partial charge on any atom is 0.338 e. The second-order valence-electron chi connectivity index (χ2n) is 8.66. The van der Waals surface area contributed by atoms with Gasteiger partial charge >= 0.3 is 11.7 Å². The molecule has 1 heterocycles. The lowest BCUT2D eigenvalue weighted by molar-refractivity contribution is -0.385. The number of para-hydroxylation sites is 2. The summed E-state index contributed by atoms with van der Waals surface area (Å²) in [5.74, 6) is -1.17. The first-order chi connectivity index (χ1) is 18.9. The van der Waals surface area contributed by atoms with Gasteiger partial charge < -0.3 is 24.6 Å². The summed E-state index contributed by atoms with van der Waals surface area (Å²) in [7, 11) is 0. The molecule has 1 fully saturated rings. The molecule has 39 heavy (non-hydrogen) atoms. The summed E-state index contributed by atoms with van der Waals surface area (Å²) >= 11 is 0. The lowest BCUT2D eigenvalue weighted by Crippen LogP contribution is -2.49. The van der Waals surface area contributed by atoms with Gasteiger partial charge in [0.1, 0.15) is 0 Å². The van der Waals surface area contributed by atoms with Crippen LogP contribution >= 0.6 is 0 Å². The molecule has 11 nitrogen and oxygen atoms in total. The lowest BCUT2D eigenvalue weighted by Gasteiger charge is -2.37. The first-order valence-corrected chi connectivity index (χ1v) is 12.4. The number of nitrogens with one attached hydrogen (secondary N) is 1. The minimum Gasteiger partial charge on any atom is -0.477 e. The van der Waals surface area contributed by atoms with Crippen LogP contribution in [0.2, 0.25) is 0 Å². The Morgan fingerprint density at radius 3 is 2.31 bits per heavy atom. The molecule has 0 aromatic heterocycles. The molecule has 0 radical (unpaired) electrons. The number of nitrogens with zero attached hydrogens (tertiary/aromatic N) is 3. The van der Waals surface area contributed by atoms with Gasteiger partial charge in [-0.2, -0.15) is 0 Å².